The van der Waals surface area contributed by atoms with Crippen molar-refractivity contribution >= 4 is 16.7 Å². The van der Waals surface area contributed by atoms with Crippen molar-refractivity contribution in [2.75, 3.05) is 5.73 Å². The highest BCUT2D eigenvalue weighted by Gasteiger charge is 2.13. The number of benzene rings is 2. The van der Waals surface area contributed by atoms with Crippen LogP contribution in [0.4, 0.5) is 10.1 Å². The Morgan fingerprint density at radius 3 is 2.75 bits per heavy atom. The van der Waals surface area contributed by atoms with E-state index in [1.807, 2.05) is 24.3 Å². The highest BCUT2D eigenvalue weighted by atomic mass is 19.1. The second kappa shape index (κ2) is 4.96. The number of aryl methyl sites for hydroxylation is 1. The first-order chi connectivity index (χ1) is 9.70. The minimum Gasteiger partial charge on any atom is -0.397 e. The zero-order valence-corrected chi connectivity index (χ0v) is 11.3. The van der Waals surface area contributed by atoms with Crippen LogP contribution in [-0.4, -0.2) is 9.55 Å². The molecule has 0 aliphatic carbocycles. The Bertz CT molecular complexity index is 762. The number of fused-ring (bicyclic) bond motifs is 1. The van der Waals surface area contributed by atoms with E-state index in [2.05, 4.69) is 16.5 Å². The van der Waals surface area contributed by atoms with Crippen LogP contribution < -0.4 is 5.73 Å². The maximum absolute atomic E-state index is 13.4. The van der Waals surface area contributed by atoms with Crippen molar-refractivity contribution in [1.29, 1.82) is 0 Å². The van der Waals surface area contributed by atoms with Gasteiger partial charge in [0.15, 0.2) is 0 Å². The van der Waals surface area contributed by atoms with Crippen LogP contribution in [0.1, 0.15) is 13.3 Å². The number of halogens is 1. The van der Waals surface area contributed by atoms with Gasteiger partial charge in [-0.15, -0.1) is 0 Å². The summed E-state index contributed by atoms with van der Waals surface area (Å²) in [7, 11) is 0. The summed E-state index contributed by atoms with van der Waals surface area (Å²) in [5, 5.41) is 0. The molecule has 0 bridgehead atoms. The molecule has 0 fully saturated rings. The first kappa shape index (κ1) is 12.7. The minimum atomic E-state index is -0.259. The van der Waals surface area contributed by atoms with E-state index in [9.17, 15) is 4.39 Å². The van der Waals surface area contributed by atoms with Crippen LogP contribution in [-0.2, 0) is 6.54 Å². The summed E-state index contributed by atoms with van der Waals surface area (Å²) in [4.78, 5) is 4.61. The number of para-hydroxylation sites is 1. The third kappa shape index (κ3) is 2.03. The molecule has 0 aliphatic rings. The average Bonchev–Trinajstić information content (AvgIpc) is 2.80. The van der Waals surface area contributed by atoms with Gasteiger partial charge in [0.1, 0.15) is 17.2 Å². The molecule has 2 aromatic carbocycles. The maximum atomic E-state index is 13.4. The van der Waals surface area contributed by atoms with Crippen LogP contribution >= 0.6 is 0 Å². The third-order valence-electron chi connectivity index (χ3n) is 3.34. The molecule has 0 unspecified atom stereocenters. The molecule has 0 aliphatic heterocycles. The molecule has 3 nitrogen and oxygen atoms in total. The van der Waals surface area contributed by atoms with Crippen LogP contribution in [0.2, 0.25) is 0 Å². The number of rotatable bonds is 3. The molecule has 102 valence electrons. The van der Waals surface area contributed by atoms with E-state index in [0.717, 1.165) is 35.4 Å². The van der Waals surface area contributed by atoms with Crippen molar-refractivity contribution in [3.63, 3.8) is 0 Å². The van der Waals surface area contributed by atoms with Crippen molar-refractivity contribution < 1.29 is 4.39 Å². The SMILES string of the molecule is CCCn1c(-c2cccc(F)c2)nc2c(N)cccc21. The number of nitrogen functional groups attached to an aromatic ring is 1. The molecule has 0 atom stereocenters. The Morgan fingerprint density at radius 2 is 2.00 bits per heavy atom. The molecule has 2 N–H and O–H groups in total. The minimum absolute atomic E-state index is 0.259. The lowest BCUT2D eigenvalue weighted by Crippen LogP contribution is -1.99. The van der Waals surface area contributed by atoms with Crippen LogP contribution in [0.15, 0.2) is 42.5 Å². The monoisotopic (exact) mass is 269 g/mol. The molecule has 20 heavy (non-hydrogen) atoms. The zero-order valence-electron chi connectivity index (χ0n) is 11.3. The molecule has 4 heteroatoms. The fourth-order valence-corrected chi connectivity index (χ4v) is 2.47. The summed E-state index contributed by atoms with van der Waals surface area (Å²) in [6, 6.07) is 12.3. The molecule has 1 aromatic heterocycles. The Morgan fingerprint density at radius 1 is 1.20 bits per heavy atom. The smallest absolute Gasteiger partial charge is 0.141 e. The largest absolute Gasteiger partial charge is 0.397 e. The van der Waals surface area contributed by atoms with E-state index in [-0.39, 0.29) is 5.82 Å². The molecular formula is C16H16FN3. The van der Waals surface area contributed by atoms with Gasteiger partial charge in [-0.1, -0.05) is 25.1 Å². The van der Waals surface area contributed by atoms with Crippen molar-refractivity contribution in [2.45, 2.75) is 19.9 Å². The second-order valence-electron chi connectivity index (χ2n) is 4.81. The van der Waals surface area contributed by atoms with Gasteiger partial charge < -0.3 is 10.3 Å². The van der Waals surface area contributed by atoms with Crippen LogP contribution in [0.25, 0.3) is 22.4 Å². The van der Waals surface area contributed by atoms with Crippen LogP contribution in [0.5, 0.6) is 0 Å². The third-order valence-corrected chi connectivity index (χ3v) is 3.34. The number of anilines is 1. The lowest BCUT2D eigenvalue weighted by atomic mass is 10.2. The van der Waals surface area contributed by atoms with Gasteiger partial charge in [-0.25, -0.2) is 9.37 Å². The Hall–Kier alpha value is -2.36. The van der Waals surface area contributed by atoms with E-state index < -0.39 is 0 Å². The highest BCUT2D eigenvalue weighted by molar-refractivity contribution is 5.90. The van der Waals surface area contributed by atoms with E-state index in [4.69, 9.17) is 5.73 Å². The van der Waals surface area contributed by atoms with Crippen molar-refractivity contribution in [1.82, 2.24) is 9.55 Å². The lowest BCUT2D eigenvalue weighted by Gasteiger charge is -2.07. The van der Waals surface area contributed by atoms with Gasteiger partial charge in [0.05, 0.1) is 11.2 Å². The van der Waals surface area contributed by atoms with Gasteiger partial charge in [-0.05, 0) is 30.7 Å². The molecule has 0 amide bonds. The molecule has 0 radical (unpaired) electrons. The zero-order chi connectivity index (χ0) is 14.1. The maximum Gasteiger partial charge on any atom is 0.141 e. The molecule has 0 spiro atoms. The average molecular weight is 269 g/mol. The summed E-state index contributed by atoms with van der Waals surface area (Å²) in [6.45, 7) is 2.93. The van der Waals surface area contributed by atoms with E-state index >= 15 is 0 Å². The molecule has 3 rings (SSSR count). The van der Waals surface area contributed by atoms with E-state index in [0.29, 0.717) is 5.69 Å². The van der Waals surface area contributed by atoms with Crippen molar-refractivity contribution in [3.8, 4) is 11.4 Å². The molecule has 3 aromatic rings. The molecular weight excluding hydrogens is 253 g/mol. The Kier molecular flexibility index (Phi) is 3.14. The predicted octanol–water partition coefficient (Wildman–Crippen LogP) is 3.83. The summed E-state index contributed by atoms with van der Waals surface area (Å²) in [6.07, 6.45) is 0.975. The topological polar surface area (TPSA) is 43.8 Å². The molecule has 0 saturated carbocycles. The van der Waals surface area contributed by atoms with Gasteiger partial charge in [0, 0.05) is 12.1 Å². The fraction of sp³-hybridized carbons (Fsp3) is 0.188. The number of hydrogen-bond acceptors (Lipinski definition) is 2. The number of imidazole rings is 1. The van der Waals surface area contributed by atoms with E-state index in [1.165, 1.54) is 12.1 Å². The number of hydrogen-bond donors (Lipinski definition) is 1. The van der Waals surface area contributed by atoms with Crippen molar-refractivity contribution in [2.24, 2.45) is 0 Å². The molecule has 1 heterocycles. The van der Waals surface area contributed by atoms with Gasteiger partial charge in [-0.3, -0.25) is 0 Å². The normalized spacial score (nSPS) is 11.1. The lowest BCUT2D eigenvalue weighted by molar-refractivity contribution is 0.627. The first-order valence-corrected chi connectivity index (χ1v) is 6.71. The number of aromatic nitrogens is 2. The van der Waals surface area contributed by atoms with Gasteiger partial charge in [0.2, 0.25) is 0 Å². The second-order valence-corrected chi connectivity index (χ2v) is 4.81. The van der Waals surface area contributed by atoms with Gasteiger partial charge in [-0.2, -0.15) is 0 Å². The summed E-state index contributed by atoms with van der Waals surface area (Å²) in [5.41, 5.74) is 9.18. The highest BCUT2D eigenvalue weighted by Crippen LogP contribution is 2.28. The Labute approximate surface area is 116 Å². The summed E-state index contributed by atoms with van der Waals surface area (Å²) in [5.74, 6) is 0.504. The Balaban J connectivity index is 2.29. The van der Waals surface area contributed by atoms with E-state index in [1.54, 1.807) is 6.07 Å². The predicted molar refractivity (Wildman–Crippen MR) is 79.8 cm³/mol. The first-order valence-electron chi connectivity index (χ1n) is 6.71. The number of nitrogens with zero attached hydrogens (tertiary/aromatic N) is 2. The van der Waals surface area contributed by atoms with Crippen molar-refractivity contribution in [3.05, 3.63) is 48.3 Å². The van der Waals surface area contributed by atoms with Gasteiger partial charge in [0.25, 0.3) is 0 Å². The summed E-state index contributed by atoms with van der Waals surface area (Å²) < 4.78 is 15.5. The number of nitrogens with two attached hydrogens (primary N) is 1. The van der Waals surface area contributed by atoms with Gasteiger partial charge >= 0.3 is 0 Å². The van der Waals surface area contributed by atoms with Crippen LogP contribution in [0, 0.1) is 5.82 Å². The fourth-order valence-electron chi connectivity index (χ4n) is 2.47. The quantitative estimate of drug-likeness (QED) is 0.734. The standard InChI is InChI=1S/C16H16FN3/c1-2-9-20-14-8-4-7-13(18)15(14)19-16(20)11-5-3-6-12(17)10-11/h3-8,10H,2,9,18H2,1H3. The summed E-state index contributed by atoms with van der Waals surface area (Å²) >= 11 is 0. The van der Waals surface area contributed by atoms with Crippen LogP contribution in [0.3, 0.4) is 0 Å². The molecule has 0 saturated heterocycles.